The van der Waals surface area contributed by atoms with Gasteiger partial charge in [0.15, 0.2) is 0 Å². The Hall–Kier alpha value is -3.14. The zero-order chi connectivity index (χ0) is 18.7. The van der Waals surface area contributed by atoms with Crippen LogP contribution < -0.4 is 10.3 Å². The normalized spacial score (nSPS) is 11.1. The van der Waals surface area contributed by atoms with Crippen molar-refractivity contribution in [3.63, 3.8) is 0 Å². The second-order valence-corrected chi connectivity index (χ2v) is 6.38. The fraction of sp³-hybridized carbons (Fsp3) is 0.182. The van der Waals surface area contributed by atoms with Gasteiger partial charge in [0.1, 0.15) is 5.75 Å². The van der Waals surface area contributed by atoms with E-state index in [1.807, 2.05) is 63.4 Å². The fourth-order valence-corrected chi connectivity index (χ4v) is 3.08. The predicted octanol–water partition coefficient (Wildman–Crippen LogP) is 4.54. The second kappa shape index (κ2) is 7.40. The first-order valence-corrected chi connectivity index (χ1v) is 8.47. The first-order valence-electron chi connectivity index (χ1n) is 8.47. The Bertz CT molecular complexity index is 1030. The quantitative estimate of drug-likeness (QED) is 0.754. The lowest BCUT2D eigenvalue weighted by molar-refractivity contribution is 0.411. The topological polar surface area (TPSA) is 55.0 Å². The van der Waals surface area contributed by atoms with Gasteiger partial charge in [0.25, 0.3) is 5.56 Å². The summed E-state index contributed by atoms with van der Waals surface area (Å²) in [5, 5.41) is 0. The summed E-state index contributed by atoms with van der Waals surface area (Å²) in [6, 6.07) is 9.69. The van der Waals surface area contributed by atoms with Crippen molar-refractivity contribution in [1.82, 2.24) is 9.97 Å². The molecule has 0 aliphatic carbocycles. The molecule has 4 nitrogen and oxygen atoms in total. The van der Waals surface area contributed by atoms with Crippen molar-refractivity contribution < 1.29 is 4.74 Å². The van der Waals surface area contributed by atoms with Gasteiger partial charge in [-0.1, -0.05) is 6.07 Å². The van der Waals surface area contributed by atoms with Gasteiger partial charge in [0, 0.05) is 23.5 Å². The molecule has 0 atom stereocenters. The van der Waals surface area contributed by atoms with E-state index in [-0.39, 0.29) is 5.56 Å². The van der Waals surface area contributed by atoms with Crippen LogP contribution in [0.2, 0.25) is 0 Å². The van der Waals surface area contributed by atoms with Crippen LogP contribution in [0.5, 0.6) is 5.75 Å². The second-order valence-electron chi connectivity index (χ2n) is 6.38. The molecule has 4 heteroatoms. The van der Waals surface area contributed by atoms with Gasteiger partial charge < -0.3 is 9.72 Å². The number of aromatic amines is 1. The van der Waals surface area contributed by atoms with Crippen LogP contribution in [0.25, 0.3) is 23.3 Å². The standard InChI is InChI=1S/C22H22N2O2/c1-14-10-15(2)20(24-13-14)8-7-17-12-18(11-16(3)21(17)26-4)19-6-5-9-23-22(19)25/h5-13H,1-4H3,(H,23,25). The summed E-state index contributed by atoms with van der Waals surface area (Å²) in [7, 11) is 1.66. The Morgan fingerprint density at radius 1 is 1.08 bits per heavy atom. The maximum Gasteiger partial charge on any atom is 0.255 e. The third-order valence-corrected chi connectivity index (χ3v) is 4.31. The van der Waals surface area contributed by atoms with E-state index in [2.05, 4.69) is 16.0 Å². The molecule has 1 N–H and O–H groups in total. The highest BCUT2D eigenvalue weighted by molar-refractivity contribution is 5.77. The molecule has 2 heterocycles. The van der Waals surface area contributed by atoms with Crippen LogP contribution in [0.15, 0.2) is 47.5 Å². The molecule has 1 aromatic carbocycles. The Morgan fingerprint density at radius 3 is 2.58 bits per heavy atom. The van der Waals surface area contributed by atoms with E-state index >= 15 is 0 Å². The van der Waals surface area contributed by atoms with Crippen LogP contribution in [-0.4, -0.2) is 17.1 Å². The number of rotatable bonds is 4. The number of benzene rings is 1. The summed E-state index contributed by atoms with van der Waals surface area (Å²) in [6.07, 6.45) is 7.45. The summed E-state index contributed by atoms with van der Waals surface area (Å²) in [6.45, 7) is 6.05. The maximum absolute atomic E-state index is 12.1. The molecule has 0 fully saturated rings. The molecule has 132 valence electrons. The average Bonchev–Trinajstić information content (AvgIpc) is 2.61. The summed E-state index contributed by atoms with van der Waals surface area (Å²) >= 11 is 0. The van der Waals surface area contributed by atoms with E-state index < -0.39 is 0 Å². The predicted molar refractivity (Wildman–Crippen MR) is 106 cm³/mol. The van der Waals surface area contributed by atoms with Crippen LogP contribution >= 0.6 is 0 Å². The van der Waals surface area contributed by atoms with Gasteiger partial charge in [-0.15, -0.1) is 0 Å². The number of methoxy groups -OCH3 is 1. The third kappa shape index (κ3) is 3.59. The van der Waals surface area contributed by atoms with E-state index in [9.17, 15) is 4.79 Å². The molecule has 3 aromatic rings. The maximum atomic E-state index is 12.1. The highest BCUT2D eigenvalue weighted by Gasteiger charge is 2.10. The van der Waals surface area contributed by atoms with E-state index in [0.717, 1.165) is 39.3 Å². The molecule has 0 aliphatic heterocycles. The number of aryl methyl sites for hydroxylation is 3. The zero-order valence-corrected chi connectivity index (χ0v) is 15.5. The van der Waals surface area contributed by atoms with Gasteiger partial charge in [-0.25, -0.2) is 0 Å². The van der Waals surface area contributed by atoms with Crippen molar-refractivity contribution in [3.8, 4) is 16.9 Å². The lowest BCUT2D eigenvalue weighted by Gasteiger charge is -2.12. The Kier molecular flexibility index (Phi) is 5.03. The number of hydrogen-bond acceptors (Lipinski definition) is 3. The van der Waals surface area contributed by atoms with Crippen LogP contribution in [0.4, 0.5) is 0 Å². The van der Waals surface area contributed by atoms with Crippen molar-refractivity contribution in [2.45, 2.75) is 20.8 Å². The first kappa shape index (κ1) is 17.7. The summed E-state index contributed by atoms with van der Waals surface area (Å²) in [4.78, 5) is 19.3. The molecule has 0 aliphatic rings. The highest BCUT2D eigenvalue weighted by atomic mass is 16.5. The number of hydrogen-bond donors (Lipinski definition) is 1. The van der Waals surface area contributed by atoms with Crippen molar-refractivity contribution in [1.29, 1.82) is 0 Å². The smallest absolute Gasteiger partial charge is 0.255 e. The molecular formula is C22H22N2O2. The van der Waals surface area contributed by atoms with Gasteiger partial charge in [-0.05, 0) is 79.4 Å². The fourth-order valence-electron chi connectivity index (χ4n) is 3.08. The molecule has 0 radical (unpaired) electrons. The minimum absolute atomic E-state index is 0.108. The Balaban J connectivity index is 2.09. The van der Waals surface area contributed by atoms with Gasteiger partial charge in [-0.3, -0.25) is 9.78 Å². The molecule has 2 aromatic heterocycles. The molecule has 26 heavy (non-hydrogen) atoms. The number of H-pyrrole nitrogens is 1. The first-order chi connectivity index (χ1) is 12.5. The van der Waals surface area contributed by atoms with Crippen molar-refractivity contribution in [2.24, 2.45) is 0 Å². The molecule has 0 saturated heterocycles. The summed E-state index contributed by atoms with van der Waals surface area (Å²) in [5.41, 5.74) is 6.44. The lowest BCUT2D eigenvalue weighted by atomic mass is 9.99. The van der Waals surface area contributed by atoms with Crippen LogP contribution in [-0.2, 0) is 0 Å². The van der Waals surface area contributed by atoms with E-state index in [0.29, 0.717) is 5.56 Å². The van der Waals surface area contributed by atoms with Crippen LogP contribution in [0.1, 0.15) is 27.9 Å². The highest BCUT2D eigenvalue weighted by Crippen LogP contribution is 2.30. The lowest BCUT2D eigenvalue weighted by Crippen LogP contribution is -2.07. The van der Waals surface area contributed by atoms with Gasteiger partial charge >= 0.3 is 0 Å². The van der Waals surface area contributed by atoms with Crippen molar-refractivity contribution in [2.75, 3.05) is 7.11 Å². The molecule has 0 bridgehead atoms. The molecule has 0 amide bonds. The molecular weight excluding hydrogens is 324 g/mol. The molecule has 0 unspecified atom stereocenters. The van der Waals surface area contributed by atoms with E-state index in [1.165, 1.54) is 0 Å². The number of nitrogens with zero attached hydrogens (tertiary/aromatic N) is 1. The van der Waals surface area contributed by atoms with Crippen LogP contribution in [0, 0.1) is 20.8 Å². The summed E-state index contributed by atoms with van der Waals surface area (Å²) in [5.74, 6) is 0.794. The minimum atomic E-state index is -0.108. The molecule has 3 rings (SSSR count). The summed E-state index contributed by atoms with van der Waals surface area (Å²) < 4.78 is 5.58. The monoisotopic (exact) mass is 346 g/mol. The molecule has 0 saturated carbocycles. The third-order valence-electron chi connectivity index (χ3n) is 4.31. The minimum Gasteiger partial charge on any atom is -0.496 e. The van der Waals surface area contributed by atoms with Gasteiger partial charge in [-0.2, -0.15) is 0 Å². The van der Waals surface area contributed by atoms with Crippen LogP contribution in [0.3, 0.4) is 0 Å². The van der Waals surface area contributed by atoms with Crippen molar-refractivity contribution >= 4 is 12.2 Å². The number of ether oxygens (including phenoxy) is 1. The largest absolute Gasteiger partial charge is 0.496 e. The number of aromatic nitrogens is 2. The number of nitrogens with one attached hydrogen (secondary N) is 1. The Labute approximate surface area is 153 Å². The van der Waals surface area contributed by atoms with Gasteiger partial charge in [0.05, 0.1) is 12.8 Å². The number of pyridine rings is 2. The Morgan fingerprint density at radius 2 is 1.88 bits per heavy atom. The average molecular weight is 346 g/mol. The van der Waals surface area contributed by atoms with Gasteiger partial charge in [0.2, 0.25) is 0 Å². The van der Waals surface area contributed by atoms with E-state index in [1.54, 1.807) is 13.3 Å². The SMILES string of the molecule is COc1c(C)cc(-c2ccc[nH]c2=O)cc1C=Cc1ncc(C)cc1C. The van der Waals surface area contributed by atoms with Crippen molar-refractivity contribution in [3.05, 3.63) is 81.0 Å². The zero-order valence-electron chi connectivity index (χ0n) is 15.5. The van der Waals surface area contributed by atoms with E-state index in [4.69, 9.17) is 4.74 Å². The molecule has 0 spiro atoms.